The molecular weight excluding hydrogens is 535 g/mol. The summed E-state index contributed by atoms with van der Waals surface area (Å²) in [5, 5.41) is 9.86. The third kappa shape index (κ3) is 5.82. The van der Waals surface area contributed by atoms with Crippen molar-refractivity contribution in [3.63, 3.8) is 0 Å². The van der Waals surface area contributed by atoms with Crippen LogP contribution in [0.5, 0.6) is 5.75 Å². The third-order valence-corrected chi connectivity index (χ3v) is 6.19. The maximum absolute atomic E-state index is 14.7. The number of anilines is 1. The molecule has 200 valence electrons. The number of halogens is 2. The van der Waals surface area contributed by atoms with Crippen LogP contribution in [0, 0.1) is 5.82 Å². The SMILES string of the molecule is COc1ccnc(CNC(=O)c2cc(NC(=O)c3cc(-c4ccccn4)c(F)cc3Cl)n(-c3ccccc3)n2)c1. The lowest BCUT2D eigenvalue weighted by molar-refractivity contribution is 0.0944. The van der Waals surface area contributed by atoms with Crippen molar-refractivity contribution in [2.75, 3.05) is 12.4 Å². The van der Waals surface area contributed by atoms with Crippen molar-refractivity contribution < 1.29 is 18.7 Å². The summed E-state index contributed by atoms with van der Waals surface area (Å²) in [4.78, 5) is 34.7. The second-order valence-corrected chi connectivity index (χ2v) is 8.92. The normalized spacial score (nSPS) is 10.7. The van der Waals surface area contributed by atoms with Crippen molar-refractivity contribution >= 4 is 29.2 Å². The van der Waals surface area contributed by atoms with E-state index in [4.69, 9.17) is 16.3 Å². The number of ether oxygens (including phenoxy) is 1. The van der Waals surface area contributed by atoms with Crippen LogP contribution in [-0.4, -0.2) is 38.7 Å². The van der Waals surface area contributed by atoms with Gasteiger partial charge >= 0.3 is 0 Å². The van der Waals surface area contributed by atoms with Gasteiger partial charge in [0.15, 0.2) is 5.69 Å². The van der Waals surface area contributed by atoms with E-state index in [-0.39, 0.29) is 34.2 Å². The van der Waals surface area contributed by atoms with E-state index < -0.39 is 17.6 Å². The summed E-state index contributed by atoms with van der Waals surface area (Å²) < 4.78 is 21.3. The molecule has 0 radical (unpaired) electrons. The number of rotatable bonds is 8. The first-order valence-corrected chi connectivity index (χ1v) is 12.4. The number of nitrogens with zero attached hydrogens (tertiary/aromatic N) is 4. The molecule has 0 atom stereocenters. The fourth-order valence-corrected chi connectivity index (χ4v) is 4.15. The van der Waals surface area contributed by atoms with Crippen LogP contribution in [0.2, 0.25) is 5.02 Å². The van der Waals surface area contributed by atoms with Crippen molar-refractivity contribution in [2.45, 2.75) is 6.54 Å². The monoisotopic (exact) mass is 556 g/mol. The summed E-state index contributed by atoms with van der Waals surface area (Å²) in [5.74, 6) is -0.887. The Bertz CT molecular complexity index is 1680. The van der Waals surface area contributed by atoms with Gasteiger partial charge < -0.3 is 15.4 Å². The summed E-state index contributed by atoms with van der Waals surface area (Å²) in [5.41, 5.74) is 1.76. The number of aromatic nitrogens is 4. The minimum Gasteiger partial charge on any atom is -0.497 e. The first-order chi connectivity index (χ1) is 19.4. The Labute approximate surface area is 233 Å². The van der Waals surface area contributed by atoms with Gasteiger partial charge in [-0.2, -0.15) is 5.10 Å². The fourth-order valence-electron chi connectivity index (χ4n) is 3.91. The van der Waals surface area contributed by atoms with Crippen LogP contribution in [0.1, 0.15) is 26.5 Å². The van der Waals surface area contributed by atoms with Gasteiger partial charge in [0.05, 0.1) is 41.3 Å². The predicted octanol–water partition coefficient (Wildman–Crippen LogP) is 5.31. The highest BCUT2D eigenvalue weighted by Gasteiger charge is 2.21. The second-order valence-electron chi connectivity index (χ2n) is 8.51. The first kappa shape index (κ1) is 26.5. The number of methoxy groups -OCH3 is 1. The van der Waals surface area contributed by atoms with Crippen molar-refractivity contribution in [1.29, 1.82) is 0 Å². The molecule has 2 amide bonds. The van der Waals surface area contributed by atoms with Crippen LogP contribution in [-0.2, 0) is 6.54 Å². The topological polar surface area (TPSA) is 111 Å². The van der Waals surface area contributed by atoms with Crippen molar-refractivity contribution in [3.8, 4) is 22.7 Å². The average Bonchev–Trinajstić information content (AvgIpc) is 3.40. The zero-order valence-electron chi connectivity index (χ0n) is 21.1. The zero-order valence-corrected chi connectivity index (χ0v) is 21.9. The van der Waals surface area contributed by atoms with Gasteiger partial charge in [-0.15, -0.1) is 0 Å². The molecule has 11 heteroatoms. The number of carbonyl (C=O) groups is 2. The van der Waals surface area contributed by atoms with Crippen LogP contribution in [0.4, 0.5) is 10.2 Å². The van der Waals surface area contributed by atoms with E-state index in [2.05, 4.69) is 25.7 Å². The highest BCUT2D eigenvalue weighted by atomic mass is 35.5. The maximum atomic E-state index is 14.7. The van der Waals surface area contributed by atoms with Crippen LogP contribution >= 0.6 is 11.6 Å². The number of hydrogen-bond donors (Lipinski definition) is 2. The number of nitrogens with one attached hydrogen (secondary N) is 2. The van der Waals surface area contributed by atoms with Gasteiger partial charge in [0.25, 0.3) is 11.8 Å². The Balaban J connectivity index is 1.43. The molecule has 3 aromatic heterocycles. The molecule has 9 nitrogen and oxygen atoms in total. The quantitative estimate of drug-likeness (QED) is 0.268. The molecule has 0 saturated carbocycles. The Morgan fingerprint density at radius 3 is 2.50 bits per heavy atom. The van der Waals surface area contributed by atoms with Crippen LogP contribution in [0.25, 0.3) is 16.9 Å². The molecule has 0 bridgehead atoms. The maximum Gasteiger partial charge on any atom is 0.272 e. The van der Waals surface area contributed by atoms with E-state index in [1.54, 1.807) is 67.9 Å². The van der Waals surface area contributed by atoms with Gasteiger partial charge in [0, 0.05) is 30.1 Å². The molecule has 0 aliphatic carbocycles. The lowest BCUT2D eigenvalue weighted by Crippen LogP contribution is -2.24. The van der Waals surface area contributed by atoms with Gasteiger partial charge in [0.1, 0.15) is 17.4 Å². The minimum atomic E-state index is -0.619. The van der Waals surface area contributed by atoms with Gasteiger partial charge in [0.2, 0.25) is 0 Å². The van der Waals surface area contributed by atoms with Gasteiger partial charge in [-0.3, -0.25) is 19.6 Å². The van der Waals surface area contributed by atoms with Crippen molar-refractivity contribution in [3.05, 3.63) is 119 Å². The molecular formula is C29H22ClFN6O3. The molecule has 0 fully saturated rings. The van der Waals surface area contributed by atoms with Crippen LogP contribution < -0.4 is 15.4 Å². The lowest BCUT2D eigenvalue weighted by Gasteiger charge is -2.11. The number of carbonyl (C=O) groups excluding carboxylic acids is 2. The highest BCUT2D eigenvalue weighted by molar-refractivity contribution is 6.34. The predicted molar refractivity (Wildman–Crippen MR) is 148 cm³/mol. The zero-order chi connectivity index (χ0) is 28.1. The Kier molecular flexibility index (Phi) is 7.79. The summed E-state index contributed by atoms with van der Waals surface area (Å²) in [6.07, 6.45) is 3.11. The Morgan fingerprint density at radius 2 is 1.75 bits per heavy atom. The molecule has 40 heavy (non-hydrogen) atoms. The average molecular weight is 557 g/mol. The van der Waals surface area contributed by atoms with E-state index in [1.165, 1.54) is 23.0 Å². The summed E-state index contributed by atoms with van der Waals surface area (Å²) in [6, 6.07) is 21.3. The molecule has 2 aromatic carbocycles. The highest BCUT2D eigenvalue weighted by Crippen LogP contribution is 2.28. The molecule has 5 rings (SSSR count). The molecule has 2 N–H and O–H groups in total. The van der Waals surface area contributed by atoms with E-state index in [0.29, 0.717) is 22.8 Å². The third-order valence-electron chi connectivity index (χ3n) is 5.88. The van der Waals surface area contributed by atoms with Crippen molar-refractivity contribution in [2.24, 2.45) is 0 Å². The van der Waals surface area contributed by atoms with Crippen molar-refractivity contribution in [1.82, 2.24) is 25.1 Å². The molecule has 0 spiro atoms. The lowest BCUT2D eigenvalue weighted by atomic mass is 10.1. The summed E-state index contributed by atoms with van der Waals surface area (Å²) in [7, 11) is 1.54. The van der Waals surface area contributed by atoms with E-state index in [1.807, 2.05) is 6.07 Å². The first-order valence-electron chi connectivity index (χ1n) is 12.1. The number of amides is 2. The van der Waals surface area contributed by atoms with Crippen LogP contribution in [0.15, 0.2) is 91.3 Å². The summed E-state index contributed by atoms with van der Waals surface area (Å²) >= 11 is 6.26. The summed E-state index contributed by atoms with van der Waals surface area (Å²) in [6.45, 7) is 0.136. The smallest absolute Gasteiger partial charge is 0.272 e. The van der Waals surface area contributed by atoms with E-state index >= 15 is 0 Å². The number of hydrogen-bond acceptors (Lipinski definition) is 6. The number of pyridine rings is 2. The largest absolute Gasteiger partial charge is 0.497 e. The molecule has 0 saturated heterocycles. The van der Waals surface area contributed by atoms with E-state index in [9.17, 15) is 14.0 Å². The van der Waals surface area contributed by atoms with Crippen LogP contribution in [0.3, 0.4) is 0 Å². The molecule has 5 aromatic rings. The number of benzene rings is 2. The molecule has 0 aliphatic rings. The van der Waals surface area contributed by atoms with E-state index in [0.717, 1.165) is 6.07 Å². The molecule has 3 heterocycles. The van der Waals surface area contributed by atoms with Gasteiger partial charge in [-0.1, -0.05) is 35.9 Å². The Hall–Kier alpha value is -5.09. The number of para-hydroxylation sites is 1. The van der Waals surface area contributed by atoms with Gasteiger partial charge in [-0.25, -0.2) is 9.07 Å². The standard InChI is InChI=1S/C29H22ClFN6O3/c1-40-20-10-12-32-18(13-20)17-34-29(39)26-16-27(37(36-26)19-7-3-2-4-8-19)35-28(38)21-14-22(24(31)15-23(21)30)25-9-5-6-11-33-25/h2-16H,17H2,1H3,(H,34,39)(H,35,38). The second kappa shape index (κ2) is 11.7. The minimum absolute atomic E-state index is 0.0274. The molecule has 0 aliphatic heterocycles. The Morgan fingerprint density at radius 1 is 0.950 bits per heavy atom. The molecule has 0 unspecified atom stereocenters. The fraction of sp³-hybridized carbons (Fsp3) is 0.0690. The van der Waals surface area contributed by atoms with Gasteiger partial charge in [-0.05, 0) is 42.5 Å².